The molecule has 5 heteroatoms. The van der Waals surface area contributed by atoms with E-state index >= 15 is 0 Å². The number of fused-ring (bicyclic) bond motifs is 2. The van der Waals surface area contributed by atoms with Crippen LogP contribution in [0.25, 0.3) is 21.5 Å². The summed E-state index contributed by atoms with van der Waals surface area (Å²) in [6.45, 7) is 1.94. The van der Waals surface area contributed by atoms with Crippen LogP contribution in [0.5, 0.6) is 0 Å². The number of amides is 1. The van der Waals surface area contributed by atoms with Gasteiger partial charge in [-0.05, 0) is 29.3 Å². The average molecular weight is 343 g/mol. The molecule has 0 radical (unpaired) electrons. The molecule has 1 heterocycles. The second kappa shape index (κ2) is 6.44. The zero-order valence-corrected chi connectivity index (χ0v) is 14.2. The Morgan fingerprint density at radius 1 is 0.923 bits per heavy atom. The quantitative estimate of drug-likeness (QED) is 0.597. The molecule has 3 aromatic carbocycles. The fourth-order valence-electron chi connectivity index (χ4n) is 3.26. The third-order valence-corrected chi connectivity index (χ3v) is 4.55. The Bertz CT molecular complexity index is 1180. The van der Waals surface area contributed by atoms with Gasteiger partial charge in [-0.3, -0.25) is 9.59 Å². The van der Waals surface area contributed by atoms with Gasteiger partial charge in [0.2, 0.25) is 0 Å². The van der Waals surface area contributed by atoms with Crippen molar-refractivity contribution < 1.29 is 4.79 Å². The van der Waals surface area contributed by atoms with Crippen LogP contribution in [-0.2, 0) is 0 Å². The lowest BCUT2D eigenvalue weighted by molar-refractivity contribution is 0.0936. The molecule has 0 fully saturated rings. The number of rotatable bonds is 3. The largest absolute Gasteiger partial charge is 0.344 e. The molecule has 128 valence electrons. The number of nitrogens with one attached hydrogen (secondary N) is 2. The van der Waals surface area contributed by atoms with Crippen LogP contribution in [0.2, 0.25) is 0 Å². The Morgan fingerprint density at radius 3 is 2.38 bits per heavy atom. The van der Waals surface area contributed by atoms with E-state index in [2.05, 4.69) is 15.5 Å². The van der Waals surface area contributed by atoms with Crippen molar-refractivity contribution >= 4 is 27.5 Å². The highest BCUT2D eigenvalue weighted by Crippen LogP contribution is 2.24. The highest BCUT2D eigenvalue weighted by Gasteiger charge is 2.17. The molecular formula is C21H17N3O2. The second-order valence-electron chi connectivity index (χ2n) is 6.21. The van der Waals surface area contributed by atoms with Crippen LogP contribution < -0.4 is 10.9 Å². The van der Waals surface area contributed by atoms with Gasteiger partial charge in [0.15, 0.2) is 5.69 Å². The minimum Gasteiger partial charge on any atom is -0.344 e. The minimum absolute atomic E-state index is 0.207. The molecule has 26 heavy (non-hydrogen) atoms. The van der Waals surface area contributed by atoms with Gasteiger partial charge in [-0.15, -0.1) is 0 Å². The highest BCUT2D eigenvalue weighted by molar-refractivity contribution is 6.05. The smallest absolute Gasteiger partial charge is 0.272 e. The number of benzene rings is 3. The Balaban J connectivity index is 1.70. The van der Waals surface area contributed by atoms with Crippen molar-refractivity contribution in [2.24, 2.45) is 0 Å². The zero-order valence-electron chi connectivity index (χ0n) is 14.2. The lowest BCUT2D eigenvalue weighted by Crippen LogP contribution is -2.29. The van der Waals surface area contributed by atoms with Crippen molar-refractivity contribution in [1.29, 1.82) is 0 Å². The van der Waals surface area contributed by atoms with E-state index in [1.165, 1.54) is 0 Å². The molecule has 0 aliphatic heterocycles. The van der Waals surface area contributed by atoms with Crippen molar-refractivity contribution in [1.82, 2.24) is 15.5 Å². The summed E-state index contributed by atoms with van der Waals surface area (Å²) < 4.78 is 0. The van der Waals surface area contributed by atoms with Crippen LogP contribution in [-0.4, -0.2) is 16.1 Å². The average Bonchev–Trinajstić information content (AvgIpc) is 2.68. The first kappa shape index (κ1) is 16.0. The molecule has 4 aromatic rings. The Kier molecular flexibility index (Phi) is 3.97. The van der Waals surface area contributed by atoms with E-state index in [4.69, 9.17) is 0 Å². The third-order valence-electron chi connectivity index (χ3n) is 4.55. The summed E-state index contributed by atoms with van der Waals surface area (Å²) in [6, 6.07) is 20.8. The summed E-state index contributed by atoms with van der Waals surface area (Å²) in [4.78, 5) is 24.7. The second-order valence-corrected chi connectivity index (χ2v) is 6.21. The van der Waals surface area contributed by atoms with Crippen LogP contribution in [0.3, 0.4) is 0 Å². The van der Waals surface area contributed by atoms with Crippen LogP contribution >= 0.6 is 0 Å². The maximum absolute atomic E-state index is 12.8. The van der Waals surface area contributed by atoms with Crippen molar-refractivity contribution in [2.45, 2.75) is 13.0 Å². The molecule has 1 amide bonds. The van der Waals surface area contributed by atoms with Gasteiger partial charge in [-0.25, -0.2) is 5.10 Å². The minimum atomic E-state index is -0.321. The van der Waals surface area contributed by atoms with Gasteiger partial charge in [-0.1, -0.05) is 60.7 Å². The van der Waals surface area contributed by atoms with E-state index < -0.39 is 0 Å². The van der Waals surface area contributed by atoms with Gasteiger partial charge in [0.05, 0.1) is 11.4 Å². The number of hydrogen-bond acceptors (Lipinski definition) is 3. The summed E-state index contributed by atoms with van der Waals surface area (Å²) in [7, 11) is 0. The standard InChI is InChI=1S/C21H17N3O2/c1-13(15-12-6-8-14-7-2-3-9-16(14)15)22-21(26)19-17-10-4-5-11-18(17)20(25)24-23-19/h2-13H,1H3,(H,22,26)(H,24,25). The maximum Gasteiger partial charge on any atom is 0.272 e. The molecule has 1 unspecified atom stereocenters. The summed E-state index contributed by atoms with van der Waals surface area (Å²) in [5, 5.41) is 12.6. The SMILES string of the molecule is CC(NC(=O)c1n[nH]c(=O)c2ccccc12)c1cccc2ccccc12. The van der Waals surface area contributed by atoms with Gasteiger partial charge < -0.3 is 5.32 Å². The summed E-state index contributed by atoms with van der Waals surface area (Å²) >= 11 is 0. The Labute approximate surface area is 149 Å². The highest BCUT2D eigenvalue weighted by atomic mass is 16.2. The third kappa shape index (κ3) is 2.73. The van der Waals surface area contributed by atoms with E-state index in [1.54, 1.807) is 24.3 Å². The zero-order chi connectivity index (χ0) is 18.1. The van der Waals surface area contributed by atoms with Crippen LogP contribution in [0.4, 0.5) is 0 Å². The predicted octanol–water partition coefficient (Wildman–Crippen LogP) is 3.57. The van der Waals surface area contributed by atoms with Crippen molar-refractivity contribution in [3.8, 4) is 0 Å². The van der Waals surface area contributed by atoms with E-state index in [9.17, 15) is 9.59 Å². The topological polar surface area (TPSA) is 74.8 Å². The Morgan fingerprint density at radius 2 is 1.58 bits per heavy atom. The number of H-pyrrole nitrogens is 1. The first-order valence-electron chi connectivity index (χ1n) is 8.41. The first-order valence-corrected chi connectivity index (χ1v) is 8.41. The first-order chi connectivity index (χ1) is 12.6. The fraction of sp³-hybridized carbons (Fsp3) is 0.0952. The molecule has 5 nitrogen and oxygen atoms in total. The molecule has 0 spiro atoms. The molecule has 0 saturated heterocycles. The number of carbonyl (C=O) groups excluding carboxylic acids is 1. The number of aromatic amines is 1. The van der Waals surface area contributed by atoms with E-state index in [-0.39, 0.29) is 23.2 Å². The number of nitrogens with zero attached hydrogens (tertiary/aromatic N) is 1. The summed E-state index contributed by atoms with van der Waals surface area (Å²) in [5.74, 6) is -0.321. The van der Waals surface area contributed by atoms with Gasteiger partial charge in [0.1, 0.15) is 0 Å². The molecule has 1 atom stereocenters. The molecule has 0 bridgehead atoms. The van der Waals surface area contributed by atoms with E-state index in [0.29, 0.717) is 10.8 Å². The van der Waals surface area contributed by atoms with Crippen LogP contribution in [0, 0.1) is 0 Å². The monoisotopic (exact) mass is 343 g/mol. The van der Waals surface area contributed by atoms with Gasteiger partial charge in [-0.2, -0.15) is 5.10 Å². The van der Waals surface area contributed by atoms with Crippen LogP contribution in [0.15, 0.2) is 71.5 Å². The molecule has 0 aliphatic rings. The van der Waals surface area contributed by atoms with Crippen molar-refractivity contribution in [3.63, 3.8) is 0 Å². The summed E-state index contributed by atoms with van der Waals surface area (Å²) in [6.07, 6.45) is 0. The maximum atomic E-state index is 12.8. The van der Waals surface area contributed by atoms with Gasteiger partial charge in [0.25, 0.3) is 11.5 Å². The molecule has 0 saturated carbocycles. The predicted molar refractivity (Wildman–Crippen MR) is 102 cm³/mol. The fourth-order valence-corrected chi connectivity index (χ4v) is 3.26. The lowest BCUT2D eigenvalue weighted by Gasteiger charge is -2.17. The van der Waals surface area contributed by atoms with E-state index in [0.717, 1.165) is 16.3 Å². The lowest BCUT2D eigenvalue weighted by atomic mass is 9.99. The number of hydrogen-bond donors (Lipinski definition) is 2. The van der Waals surface area contributed by atoms with Crippen molar-refractivity contribution in [3.05, 3.63) is 88.3 Å². The summed E-state index contributed by atoms with van der Waals surface area (Å²) in [5.41, 5.74) is 0.941. The normalized spacial score (nSPS) is 12.2. The van der Waals surface area contributed by atoms with Crippen LogP contribution in [0.1, 0.15) is 29.0 Å². The van der Waals surface area contributed by atoms with Gasteiger partial charge in [0, 0.05) is 5.39 Å². The molecule has 1 aromatic heterocycles. The molecule has 2 N–H and O–H groups in total. The van der Waals surface area contributed by atoms with Gasteiger partial charge >= 0.3 is 0 Å². The molecule has 0 aliphatic carbocycles. The van der Waals surface area contributed by atoms with E-state index in [1.807, 2.05) is 49.4 Å². The number of aromatic nitrogens is 2. The number of carbonyl (C=O) groups is 1. The molecular weight excluding hydrogens is 326 g/mol. The van der Waals surface area contributed by atoms with Crippen molar-refractivity contribution in [2.75, 3.05) is 0 Å². The molecule has 4 rings (SSSR count). The Hall–Kier alpha value is -3.47.